The molecule has 2 heteroatoms. The second-order valence-corrected chi connectivity index (χ2v) is 6.03. The first-order chi connectivity index (χ1) is 9.10. The molecule has 0 saturated heterocycles. The average Bonchev–Trinajstić information content (AvgIpc) is 3.16. The molecule has 2 nitrogen and oxygen atoms in total. The van der Waals surface area contributed by atoms with Crippen molar-refractivity contribution in [2.45, 2.75) is 52.1 Å². The number of nitrogens with one attached hydrogen (secondary N) is 1. The molecule has 1 fully saturated rings. The van der Waals surface area contributed by atoms with Gasteiger partial charge in [0, 0.05) is 12.1 Å². The molecule has 1 saturated carbocycles. The van der Waals surface area contributed by atoms with Crippen molar-refractivity contribution in [3.05, 3.63) is 34.9 Å². The number of benzene rings is 1. The van der Waals surface area contributed by atoms with Crippen LogP contribution in [0.15, 0.2) is 18.2 Å². The van der Waals surface area contributed by atoms with Gasteiger partial charge < -0.3 is 10.2 Å². The molecule has 0 aromatic heterocycles. The molecule has 0 aliphatic heterocycles. The Kier molecular flexibility index (Phi) is 5.00. The zero-order valence-electron chi connectivity index (χ0n) is 12.9. The van der Waals surface area contributed by atoms with Gasteiger partial charge in [0.05, 0.1) is 0 Å². The van der Waals surface area contributed by atoms with Gasteiger partial charge >= 0.3 is 0 Å². The lowest BCUT2D eigenvalue weighted by molar-refractivity contribution is 0.299. The third-order valence-corrected chi connectivity index (χ3v) is 4.04. The molecular weight excluding hydrogens is 232 g/mol. The van der Waals surface area contributed by atoms with Crippen molar-refractivity contribution in [3.63, 3.8) is 0 Å². The summed E-state index contributed by atoms with van der Waals surface area (Å²) in [6.07, 6.45) is 3.99. The fourth-order valence-corrected chi connectivity index (χ4v) is 2.87. The first-order valence-corrected chi connectivity index (χ1v) is 7.62. The minimum Gasteiger partial charge on any atom is -0.310 e. The number of rotatable bonds is 7. The van der Waals surface area contributed by atoms with Gasteiger partial charge in [0.1, 0.15) is 0 Å². The van der Waals surface area contributed by atoms with Gasteiger partial charge in [-0.05, 0) is 58.8 Å². The highest BCUT2D eigenvalue weighted by Crippen LogP contribution is 2.27. The second-order valence-electron chi connectivity index (χ2n) is 6.03. The molecule has 1 aliphatic rings. The Morgan fingerprint density at radius 3 is 2.37 bits per heavy atom. The molecule has 1 aromatic rings. The fraction of sp³-hybridized carbons (Fsp3) is 0.647. The summed E-state index contributed by atoms with van der Waals surface area (Å²) in [5.41, 5.74) is 4.19. The smallest absolute Gasteiger partial charge is 0.0332 e. The summed E-state index contributed by atoms with van der Waals surface area (Å²) < 4.78 is 0. The normalized spacial score (nSPS) is 16.9. The minimum absolute atomic E-state index is 0.491. The number of hydrogen-bond donors (Lipinski definition) is 1. The van der Waals surface area contributed by atoms with Crippen LogP contribution in [0.4, 0.5) is 0 Å². The van der Waals surface area contributed by atoms with Crippen LogP contribution in [0.3, 0.4) is 0 Å². The first-order valence-electron chi connectivity index (χ1n) is 7.62. The summed E-state index contributed by atoms with van der Waals surface area (Å²) >= 11 is 0. The van der Waals surface area contributed by atoms with Crippen LogP contribution in [0.25, 0.3) is 0 Å². The Morgan fingerprint density at radius 2 is 1.84 bits per heavy atom. The van der Waals surface area contributed by atoms with E-state index in [1.54, 1.807) is 0 Å². The average molecular weight is 260 g/mol. The van der Waals surface area contributed by atoms with E-state index in [9.17, 15) is 0 Å². The van der Waals surface area contributed by atoms with Crippen molar-refractivity contribution in [1.29, 1.82) is 0 Å². The second kappa shape index (κ2) is 6.53. The molecule has 0 amide bonds. The lowest BCUT2D eigenvalue weighted by Gasteiger charge is -2.23. The van der Waals surface area contributed by atoms with E-state index >= 15 is 0 Å². The summed E-state index contributed by atoms with van der Waals surface area (Å²) in [6.45, 7) is 8.80. The van der Waals surface area contributed by atoms with Gasteiger partial charge in [0.2, 0.25) is 0 Å². The van der Waals surface area contributed by atoms with Crippen molar-refractivity contribution in [2.24, 2.45) is 0 Å². The van der Waals surface area contributed by atoms with Gasteiger partial charge in [-0.25, -0.2) is 0 Å². The highest BCUT2D eigenvalue weighted by Gasteiger charge is 2.26. The van der Waals surface area contributed by atoms with Crippen molar-refractivity contribution < 1.29 is 0 Å². The molecular formula is C17H28N2. The van der Waals surface area contributed by atoms with Gasteiger partial charge in [-0.3, -0.25) is 0 Å². The zero-order chi connectivity index (χ0) is 13.8. The standard InChI is InChI=1S/C17H28N2/c1-5-18-17(8-9-19(4)16-6-7-16)15-11-13(2)10-14(3)12-15/h10-12,16-18H,5-9H2,1-4H3. The maximum absolute atomic E-state index is 3.64. The topological polar surface area (TPSA) is 15.3 Å². The first kappa shape index (κ1) is 14.5. The third kappa shape index (κ3) is 4.32. The molecule has 0 radical (unpaired) electrons. The molecule has 1 aliphatic carbocycles. The minimum atomic E-state index is 0.491. The predicted molar refractivity (Wildman–Crippen MR) is 82.6 cm³/mol. The van der Waals surface area contributed by atoms with Gasteiger partial charge in [0.25, 0.3) is 0 Å². The van der Waals surface area contributed by atoms with Crippen molar-refractivity contribution in [2.75, 3.05) is 20.1 Å². The van der Waals surface area contributed by atoms with Crippen molar-refractivity contribution >= 4 is 0 Å². The van der Waals surface area contributed by atoms with Gasteiger partial charge in [-0.15, -0.1) is 0 Å². The summed E-state index contributed by atoms with van der Waals surface area (Å²) in [5, 5.41) is 3.64. The Hall–Kier alpha value is -0.860. The molecule has 19 heavy (non-hydrogen) atoms. The Labute approximate surface area is 118 Å². The fourth-order valence-electron chi connectivity index (χ4n) is 2.87. The van der Waals surface area contributed by atoms with Crippen LogP contribution in [0.1, 0.15) is 48.9 Å². The van der Waals surface area contributed by atoms with Gasteiger partial charge in [0.15, 0.2) is 0 Å². The number of nitrogens with zero attached hydrogens (tertiary/aromatic N) is 1. The van der Waals surface area contributed by atoms with Crippen LogP contribution >= 0.6 is 0 Å². The van der Waals surface area contributed by atoms with Crippen LogP contribution in [-0.2, 0) is 0 Å². The summed E-state index contributed by atoms with van der Waals surface area (Å²) in [4.78, 5) is 2.52. The summed E-state index contributed by atoms with van der Waals surface area (Å²) in [7, 11) is 2.27. The van der Waals surface area contributed by atoms with Crippen LogP contribution < -0.4 is 5.32 Å². The Balaban J connectivity index is 2.00. The van der Waals surface area contributed by atoms with Gasteiger partial charge in [-0.2, -0.15) is 0 Å². The van der Waals surface area contributed by atoms with E-state index in [2.05, 4.69) is 56.2 Å². The molecule has 0 heterocycles. The molecule has 1 atom stereocenters. The number of aryl methyl sites for hydroxylation is 2. The summed E-state index contributed by atoms with van der Waals surface area (Å²) in [5.74, 6) is 0. The van der Waals surface area contributed by atoms with Crippen LogP contribution in [0, 0.1) is 13.8 Å². The molecule has 1 aromatic carbocycles. The molecule has 0 bridgehead atoms. The van der Waals surface area contributed by atoms with Crippen molar-refractivity contribution in [1.82, 2.24) is 10.2 Å². The predicted octanol–water partition coefficient (Wildman–Crippen LogP) is 3.44. The molecule has 1 N–H and O–H groups in total. The largest absolute Gasteiger partial charge is 0.310 e. The quantitative estimate of drug-likeness (QED) is 0.808. The van der Waals surface area contributed by atoms with E-state index in [4.69, 9.17) is 0 Å². The van der Waals surface area contributed by atoms with Crippen LogP contribution in [0.5, 0.6) is 0 Å². The molecule has 1 unspecified atom stereocenters. The third-order valence-electron chi connectivity index (χ3n) is 4.04. The molecule has 0 spiro atoms. The highest BCUT2D eigenvalue weighted by atomic mass is 15.2. The Bertz CT molecular complexity index is 389. The lowest BCUT2D eigenvalue weighted by Crippen LogP contribution is -2.28. The van der Waals surface area contributed by atoms with Crippen LogP contribution in [-0.4, -0.2) is 31.1 Å². The van der Waals surface area contributed by atoms with E-state index in [0.717, 1.165) is 12.6 Å². The maximum atomic E-state index is 3.64. The van der Waals surface area contributed by atoms with Gasteiger partial charge in [-0.1, -0.05) is 36.2 Å². The Morgan fingerprint density at radius 1 is 1.21 bits per heavy atom. The van der Waals surface area contributed by atoms with E-state index in [1.165, 1.54) is 42.5 Å². The van der Waals surface area contributed by atoms with Crippen molar-refractivity contribution in [3.8, 4) is 0 Å². The van der Waals surface area contributed by atoms with E-state index in [-0.39, 0.29) is 0 Å². The van der Waals surface area contributed by atoms with E-state index < -0.39 is 0 Å². The molecule has 106 valence electrons. The molecule has 2 rings (SSSR count). The zero-order valence-corrected chi connectivity index (χ0v) is 12.9. The number of hydrogen-bond acceptors (Lipinski definition) is 2. The van der Waals surface area contributed by atoms with E-state index in [1.807, 2.05) is 0 Å². The summed E-state index contributed by atoms with van der Waals surface area (Å²) in [6, 6.07) is 8.27. The monoisotopic (exact) mass is 260 g/mol. The highest BCUT2D eigenvalue weighted by molar-refractivity contribution is 5.30. The lowest BCUT2D eigenvalue weighted by atomic mass is 9.99. The van der Waals surface area contributed by atoms with E-state index in [0.29, 0.717) is 6.04 Å². The maximum Gasteiger partial charge on any atom is 0.0332 e. The van der Waals surface area contributed by atoms with Crippen LogP contribution in [0.2, 0.25) is 0 Å². The SMILES string of the molecule is CCNC(CCN(C)C1CC1)c1cc(C)cc(C)c1.